The third-order valence-electron chi connectivity index (χ3n) is 9.12. The molecule has 3 aromatic rings. The first-order valence-electron chi connectivity index (χ1n) is 14.4. The Morgan fingerprint density at radius 1 is 1.07 bits per heavy atom. The molecule has 3 aliphatic heterocycles. The number of carboxylic acid groups (broad SMARTS) is 1. The van der Waals surface area contributed by atoms with Crippen molar-refractivity contribution < 1.29 is 14.6 Å². The maximum absolute atomic E-state index is 13.1. The van der Waals surface area contributed by atoms with Gasteiger partial charge in [-0.2, -0.15) is 11.8 Å². The van der Waals surface area contributed by atoms with Gasteiger partial charge in [-0.3, -0.25) is 9.69 Å². The normalized spacial score (nSPS) is 24.2. The molecule has 6 heteroatoms. The van der Waals surface area contributed by atoms with Crippen molar-refractivity contribution in [2.24, 2.45) is 11.8 Å². The van der Waals surface area contributed by atoms with Crippen LogP contribution < -0.4 is 9.64 Å². The van der Waals surface area contributed by atoms with E-state index in [9.17, 15) is 9.90 Å². The highest BCUT2D eigenvalue weighted by Gasteiger charge is 2.54. The van der Waals surface area contributed by atoms with E-state index in [1.807, 2.05) is 23.9 Å². The fourth-order valence-electron chi connectivity index (χ4n) is 7.17. The van der Waals surface area contributed by atoms with E-state index in [0.29, 0.717) is 0 Å². The monoisotopic (exact) mass is 558 g/mol. The average Bonchev–Trinajstić information content (AvgIpc) is 2.97. The molecule has 6 rings (SSSR count). The Hall–Kier alpha value is -2.96. The zero-order valence-corrected chi connectivity index (χ0v) is 25.1. The summed E-state index contributed by atoms with van der Waals surface area (Å²) in [6, 6.07) is 27.3. The molecule has 0 amide bonds. The molecular weight excluding hydrogens is 516 g/mol. The molecule has 0 saturated carbocycles. The van der Waals surface area contributed by atoms with Crippen molar-refractivity contribution in [3.05, 3.63) is 95.6 Å². The molecule has 1 unspecified atom stereocenters. The van der Waals surface area contributed by atoms with Gasteiger partial charge in [0.1, 0.15) is 5.75 Å². The van der Waals surface area contributed by atoms with Crippen molar-refractivity contribution in [1.29, 1.82) is 0 Å². The Morgan fingerprint density at radius 3 is 2.25 bits per heavy atom. The molecule has 5 atom stereocenters. The van der Waals surface area contributed by atoms with Crippen LogP contribution in [0.2, 0.25) is 0 Å². The number of piperidine rings is 3. The Morgan fingerprint density at radius 2 is 1.70 bits per heavy atom. The van der Waals surface area contributed by atoms with E-state index in [2.05, 4.69) is 104 Å². The number of nitrogens with zero attached hydrogens (tertiary/aromatic N) is 2. The maximum Gasteiger partial charge on any atom is 0.308 e. The third kappa shape index (κ3) is 5.36. The molecule has 0 spiro atoms. The first-order valence-corrected chi connectivity index (χ1v) is 15.4. The number of hydrogen-bond donors (Lipinski definition) is 1. The van der Waals surface area contributed by atoms with Crippen LogP contribution in [0.4, 0.5) is 5.69 Å². The van der Waals surface area contributed by atoms with Crippen molar-refractivity contribution in [3.8, 4) is 5.75 Å². The highest BCUT2D eigenvalue weighted by Crippen LogP contribution is 2.48. The Balaban J connectivity index is 1.53. The van der Waals surface area contributed by atoms with E-state index >= 15 is 0 Å². The fourth-order valence-corrected chi connectivity index (χ4v) is 8.19. The second-order valence-electron chi connectivity index (χ2n) is 11.6. The van der Waals surface area contributed by atoms with Crippen LogP contribution in [0.5, 0.6) is 5.75 Å². The molecule has 0 aromatic heterocycles. The van der Waals surface area contributed by atoms with Crippen LogP contribution in [0, 0.1) is 11.8 Å². The predicted molar refractivity (Wildman–Crippen MR) is 166 cm³/mol. The number of fused-ring (bicyclic) bond motifs is 3. The second kappa shape index (κ2) is 11.9. The Labute approximate surface area is 243 Å². The first-order chi connectivity index (χ1) is 19.3. The molecule has 0 radical (unpaired) electrons. The van der Waals surface area contributed by atoms with Gasteiger partial charge < -0.3 is 14.7 Å². The zero-order chi connectivity index (χ0) is 28.4. The molecule has 3 aromatic carbocycles. The molecule has 1 N–H and O–H groups in total. The van der Waals surface area contributed by atoms with Gasteiger partial charge in [0.2, 0.25) is 0 Å². The zero-order valence-electron chi connectivity index (χ0n) is 24.3. The summed E-state index contributed by atoms with van der Waals surface area (Å²) in [7, 11) is 3.84. The molecule has 2 bridgehead atoms. The number of carboxylic acids is 1. The maximum atomic E-state index is 13.1. The minimum atomic E-state index is -0.698. The quantitative estimate of drug-likeness (QED) is 0.298. The van der Waals surface area contributed by atoms with E-state index in [-0.39, 0.29) is 28.7 Å². The lowest BCUT2D eigenvalue weighted by Crippen LogP contribution is -2.67. The summed E-state index contributed by atoms with van der Waals surface area (Å²) in [6.07, 6.45) is 0.873. The van der Waals surface area contributed by atoms with Crippen molar-refractivity contribution in [2.75, 3.05) is 37.9 Å². The summed E-state index contributed by atoms with van der Waals surface area (Å²) in [6.45, 7) is 8.46. The summed E-state index contributed by atoms with van der Waals surface area (Å²) in [5, 5.41) is 10.8. The van der Waals surface area contributed by atoms with Crippen LogP contribution in [0.15, 0.2) is 78.9 Å². The predicted octanol–water partition coefficient (Wildman–Crippen LogP) is 6.73. The SMILES string of the molecule is CCSC(C)(C)c1ccc(OC)c(N(C)[C@H]2CN3CC[C@H]2[C@H](C(=O)O)[C@@H]3C(c2ccccc2)c2ccccc2)c1. The number of rotatable bonds is 10. The summed E-state index contributed by atoms with van der Waals surface area (Å²) in [5.41, 5.74) is 4.64. The summed E-state index contributed by atoms with van der Waals surface area (Å²) in [4.78, 5) is 17.9. The molecule has 5 nitrogen and oxygen atoms in total. The topological polar surface area (TPSA) is 53.0 Å². The smallest absolute Gasteiger partial charge is 0.308 e. The minimum absolute atomic E-state index is 0.0118. The van der Waals surface area contributed by atoms with Gasteiger partial charge in [0, 0.05) is 36.3 Å². The van der Waals surface area contributed by atoms with Crippen molar-refractivity contribution in [2.45, 2.75) is 49.9 Å². The lowest BCUT2D eigenvalue weighted by atomic mass is 9.65. The average molecular weight is 559 g/mol. The standard InChI is InChI=1S/C34H42N2O3S/c1-6-40-34(2,3)25-17-18-29(39-5)27(21-25)35(4)28-22-36-20-19-26(28)31(33(37)38)32(36)30(23-13-9-7-10-14-23)24-15-11-8-12-16-24/h7-18,21,26,28,30-32H,6,19-20,22H2,1-5H3,(H,37,38)/t26-,28+,31+,32+/m1/s1. The summed E-state index contributed by atoms with van der Waals surface area (Å²) >= 11 is 1.93. The van der Waals surface area contributed by atoms with Gasteiger partial charge >= 0.3 is 5.97 Å². The van der Waals surface area contributed by atoms with Crippen LogP contribution in [0.1, 0.15) is 49.8 Å². The molecule has 3 aliphatic rings. The lowest BCUT2D eigenvalue weighted by Gasteiger charge is -2.57. The van der Waals surface area contributed by atoms with E-state index in [0.717, 1.165) is 36.7 Å². The molecule has 3 heterocycles. The molecule has 3 fully saturated rings. The number of likely N-dealkylation sites (N-methyl/N-ethyl adjacent to an activating group) is 1. The largest absolute Gasteiger partial charge is 0.495 e. The lowest BCUT2D eigenvalue weighted by molar-refractivity contribution is -0.154. The summed E-state index contributed by atoms with van der Waals surface area (Å²) in [5.74, 6) is 0.698. The van der Waals surface area contributed by atoms with Crippen molar-refractivity contribution in [1.82, 2.24) is 4.90 Å². The van der Waals surface area contributed by atoms with Gasteiger partial charge in [-0.15, -0.1) is 0 Å². The van der Waals surface area contributed by atoms with E-state index < -0.39 is 11.9 Å². The van der Waals surface area contributed by atoms with E-state index in [4.69, 9.17) is 4.74 Å². The van der Waals surface area contributed by atoms with Crippen LogP contribution >= 0.6 is 11.8 Å². The number of hydrogen-bond acceptors (Lipinski definition) is 5. The number of carbonyl (C=O) groups is 1. The van der Waals surface area contributed by atoms with Crippen LogP contribution in [0.3, 0.4) is 0 Å². The third-order valence-corrected chi connectivity index (χ3v) is 10.4. The van der Waals surface area contributed by atoms with Crippen molar-refractivity contribution >= 4 is 23.4 Å². The highest BCUT2D eigenvalue weighted by molar-refractivity contribution is 8.00. The second-order valence-corrected chi connectivity index (χ2v) is 13.5. The molecule has 40 heavy (non-hydrogen) atoms. The van der Waals surface area contributed by atoms with Crippen LogP contribution in [0.25, 0.3) is 0 Å². The molecular formula is C34H42N2O3S. The number of ether oxygens (including phenoxy) is 1. The number of benzene rings is 3. The van der Waals surface area contributed by atoms with Gasteiger partial charge in [-0.05, 0) is 67.3 Å². The number of anilines is 1. The molecule has 0 aliphatic carbocycles. The van der Waals surface area contributed by atoms with Gasteiger partial charge in [0.15, 0.2) is 0 Å². The Bertz CT molecular complexity index is 1260. The highest BCUT2D eigenvalue weighted by atomic mass is 32.2. The first kappa shape index (κ1) is 28.6. The van der Waals surface area contributed by atoms with Crippen LogP contribution in [-0.2, 0) is 9.54 Å². The molecule has 3 saturated heterocycles. The minimum Gasteiger partial charge on any atom is -0.495 e. The molecule has 212 valence electrons. The van der Waals surface area contributed by atoms with Gasteiger partial charge in [0.05, 0.1) is 18.7 Å². The number of thioether (sulfide) groups is 1. The Kier molecular flexibility index (Phi) is 8.48. The summed E-state index contributed by atoms with van der Waals surface area (Å²) < 4.78 is 5.81. The van der Waals surface area contributed by atoms with E-state index in [1.165, 1.54) is 16.7 Å². The fraction of sp³-hybridized carbons (Fsp3) is 0.441. The van der Waals surface area contributed by atoms with Gasteiger partial charge in [-0.1, -0.05) is 73.7 Å². The number of methoxy groups -OCH3 is 1. The van der Waals surface area contributed by atoms with Crippen molar-refractivity contribution in [3.63, 3.8) is 0 Å². The van der Waals surface area contributed by atoms with Gasteiger partial charge in [-0.25, -0.2) is 0 Å². The van der Waals surface area contributed by atoms with E-state index in [1.54, 1.807) is 7.11 Å². The number of aliphatic carboxylic acids is 1. The van der Waals surface area contributed by atoms with Gasteiger partial charge in [0.25, 0.3) is 0 Å². The van der Waals surface area contributed by atoms with Crippen LogP contribution in [-0.4, -0.2) is 61.1 Å².